The van der Waals surface area contributed by atoms with Crippen LogP contribution in [0.3, 0.4) is 0 Å². The number of hydrogen-bond acceptors (Lipinski definition) is 2. The van der Waals surface area contributed by atoms with E-state index in [1.807, 2.05) is 12.1 Å². The zero-order chi connectivity index (χ0) is 17.8. The minimum atomic E-state index is -0.174. The van der Waals surface area contributed by atoms with Crippen LogP contribution >= 0.6 is 0 Å². The van der Waals surface area contributed by atoms with Gasteiger partial charge in [0.1, 0.15) is 5.82 Å². The summed E-state index contributed by atoms with van der Waals surface area (Å²) in [5.41, 5.74) is 5.20. The lowest BCUT2D eigenvalue weighted by Crippen LogP contribution is -2.38. The molecule has 0 bridgehead atoms. The van der Waals surface area contributed by atoms with Crippen LogP contribution in [0, 0.1) is 5.82 Å². The van der Waals surface area contributed by atoms with Gasteiger partial charge >= 0.3 is 0 Å². The van der Waals surface area contributed by atoms with Crippen LogP contribution in [0.25, 0.3) is 11.1 Å². The Morgan fingerprint density at radius 2 is 1.38 bits per heavy atom. The van der Waals surface area contributed by atoms with Crippen LogP contribution < -0.4 is 0 Å². The molecule has 1 fully saturated rings. The smallest absolute Gasteiger partial charge is 0.123 e. The highest BCUT2D eigenvalue weighted by molar-refractivity contribution is 5.65. The molecule has 0 aliphatic carbocycles. The fourth-order valence-electron chi connectivity index (χ4n) is 4.27. The summed E-state index contributed by atoms with van der Waals surface area (Å²) in [4.78, 5) is 5.25. The van der Waals surface area contributed by atoms with E-state index in [0.717, 1.165) is 25.1 Å². The molecule has 0 spiro atoms. The molecule has 138 valence electrons. The zero-order valence-corrected chi connectivity index (χ0v) is 15.6. The maximum Gasteiger partial charge on any atom is 0.123 e. The average molecular weight is 352 g/mol. The molecule has 2 aromatic carbocycles. The van der Waals surface area contributed by atoms with Gasteiger partial charge in [-0.05, 0) is 66.7 Å². The molecule has 2 aromatic rings. The fraction of sp³-hybridized carbons (Fsp3) is 0.478. The number of fused-ring (bicyclic) bond motifs is 1. The first kappa shape index (κ1) is 17.7. The van der Waals surface area contributed by atoms with Crippen LogP contribution in [0.4, 0.5) is 4.39 Å². The fourth-order valence-corrected chi connectivity index (χ4v) is 4.27. The minimum Gasteiger partial charge on any atom is -0.302 e. The van der Waals surface area contributed by atoms with Crippen LogP contribution in [0.1, 0.15) is 36.8 Å². The summed E-state index contributed by atoms with van der Waals surface area (Å²) in [5, 5.41) is 0. The van der Waals surface area contributed by atoms with Crippen molar-refractivity contribution < 1.29 is 4.39 Å². The summed E-state index contributed by atoms with van der Waals surface area (Å²) in [6.07, 6.45) is 6.67. The Morgan fingerprint density at radius 3 is 2.15 bits per heavy atom. The number of rotatable bonds is 4. The van der Waals surface area contributed by atoms with Gasteiger partial charge in [-0.15, -0.1) is 0 Å². The molecule has 0 unspecified atom stereocenters. The first-order valence-electron chi connectivity index (χ1n) is 10.1. The first-order chi connectivity index (χ1) is 12.8. The van der Waals surface area contributed by atoms with Gasteiger partial charge in [0.15, 0.2) is 0 Å². The van der Waals surface area contributed by atoms with Crippen molar-refractivity contribution in [2.45, 2.75) is 38.6 Å². The first-order valence-corrected chi connectivity index (χ1v) is 10.1. The van der Waals surface area contributed by atoms with Gasteiger partial charge in [-0.2, -0.15) is 0 Å². The quantitative estimate of drug-likeness (QED) is 0.785. The predicted molar refractivity (Wildman–Crippen MR) is 106 cm³/mol. The maximum absolute atomic E-state index is 13.1. The van der Waals surface area contributed by atoms with Gasteiger partial charge in [-0.25, -0.2) is 4.39 Å². The van der Waals surface area contributed by atoms with Gasteiger partial charge < -0.3 is 4.90 Å². The van der Waals surface area contributed by atoms with Crippen molar-refractivity contribution in [3.63, 3.8) is 0 Å². The predicted octanol–water partition coefficient (Wildman–Crippen LogP) is 4.73. The molecule has 0 aromatic heterocycles. The molecule has 0 amide bonds. The van der Waals surface area contributed by atoms with Crippen molar-refractivity contribution in [1.29, 1.82) is 0 Å². The third kappa shape index (κ3) is 4.33. The molecule has 2 aliphatic heterocycles. The monoisotopic (exact) mass is 352 g/mol. The van der Waals surface area contributed by atoms with Crippen molar-refractivity contribution in [1.82, 2.24) is 9.80 Å². The van der Waals surface area contributed by atoms with E-state index in [-0.39, 0.29) is 5.82 Å². The Morgan fingerprint density at radius 1 is 0.692 bits per heavy atom. The van der Waals surface area contributed by atoms with Gasteiger partial charge in [-0.1, -0.05) is 43.2 Å². The van der Waals surface area contributed by atoms with Gasteiger partial charge in [0.25, 0.3) is 0 Å². The molecule has 0 radical (unpaired) electrons. The number of nitrogens with zero attached hydrogens (tertiary/aromatic N) is 2. The Labute approximate surface area is 156 Å². The van der Waals surface area contributed by atoms with E-state index in [2.05, 4.69) is 28.0 Å². The number of halogens is 1. The van der Waals surface area contributed by atoms with E-state index in [1.165, 1.54) is 68.6 Å². The molecule has 2 aliphatic rings. The Hall–Kier alpha value is -1.71. The van der Waals surface area contributed by atoms with Gasteiger partial charge in [-0.3, -0.25) is 4.90 Å². The van der Waals surface area contributed by atoms with Crippen LogP contribution in [0.15, 0.2) is 42.5 Å². The Bertz CT molecular complexity index is 717. The Kier molecular flexibility index (Phi) is 5.66. The second kappa shape index (κ2) is 8.32. The molecule has 0 atom stereocenters. The Balaban J connectivity index is 1.37. The maximum atomic E-state index is 13.1. The second-order valence-corrected chi connectivity index (χ2v) is 7.77. The van der Waals surface area contributed by atoms with E-state index >= 15 is 0 Å². The highest BCUT2D eigenvalue weighted by atomic mass is 19.1. The van der Waals surface area contributed by atoms with Crippen molar-refractivity contribution in [3.8, 4) is 11.1 Å². The molecule has 2 heterocycles. The highest BCUT2D eigenvalue weighted by Gasteiger charge is 2.18. The lowest BCUT2D eigenvalue weighted by Gasteiger charge is -2.31. The van der Waals surface area contributed by atoms with E-state index in [4.69, 9.17) is 0 Å². The zero-order valence-electron chi connectivity index (χ0n) is 15.6. The molecule has 0 saturated carbocycles. The van der Waals surface area contributed by atoms with Crippen molar-refractivity contribution >= 4 is 0 Å². The molecule has 4 rings (SSSR count). The van der Waals surface area contributed by atoms with Crippen molar-refractivity contribution in [2.75, 3.05) is 32.7 Å². The largest absolute Gasteiger partial charge is 0.302 e. The SMILES string of the molecule is Fc1ccc(-c2ccc3c(c2)CCN(CCN2CCCCCC2)C3)cc1. The second-order valence-electron chi connectivity index (χ2n) is 7.77. The van der Waals surface area contributed by atoms with Crippen LogP contribution in [0.2, 0.25) is 0 Å². The van der Waals surface area contributed by atoms with Crippen molar-refractivity contribution in [2.24, 2.45) is 0 Å². The van der Waals surface area contributed by atoms with Crippen LogP contribution in [-0.2, 0) is 13.0 Å². The molecule has 3 heteroatoms. The van der Waals surface area contributed by atoms with E-state index in [0.29, 0.717) is 0 Å². The summed E-state index contributed by atoms with van der Waals surface area (Å²) < 4.78 is 13.1. The standard InChI is InChI=1S/C23H29FN2/c24-23-9-7-19(8-10-23)20-5-6-22-18-26(14-11-21(22)17-20)16-15-25-12-3-1-2-4-13-25/h5-10,17H,1-4,11-16,18H2. The summed E-state index contributed by atoms with van der Waals surface area (Å²) >= 11 is 0. The van der Waals surface area contributed by atoms with E-state index in [1.54, 1.807) is 12.1 Å². The third-order valence-corrected chi connectivity index (χ3v) is 5.91. The average Bonchev–Trinajstić information content (AvgIpc) is 2.95. The van der Waals surface area contributed by atoms with Gasteiger partial charge in [0.05, 0.1) is 0 Å². The number of hydrogen-bond donors (Lipinski definition) is 0. The summed E-state index contributed by atoms with van der Waals surface area (Å²) in [5.74, 6) is -0.174. The molecule has 2 nitrogen and oxygen atoms in total. The van der Waals surface area contributed by atoms with Gasteiger partial charge in [0, 0.05) is 26.2 Å². The lowest BCUT2D eigenvalue weighted by molar-refractivity contribution is 0.196. The third-order valence-electron chi connectivity index (χ3n) is 5.91. The molecule has 0 N–H and O–H groups in total. The number of benzene rings is 2. The van der Waals surface area contributed by atoms with E-state index < -0.39 is 0 Å². The highest BCUT2D eigenvalue weighted by Crippen LogP contribution is 2.26. The molecular weight excluding hydrogens is 323 g/mol. The van der Waals surface area contributed by atoms with Gasteiger partial charge in [0.2, 0.25) is 0 Å². The van der Waals surface area contributed by atoms with E-state index in [9.17, 15) is 4.39 Å². The van der Waals surface area contributed by atoms with Crippen LogP contribution in [-0.4, -0.2) is 42.5 Å². The lowest BCUT2D eigenvalue weighted by atomic mass is 9.94. The van der Waals surface area contributed by atoms with Crippen molar-refractivity contribution in [3.05, 3.63) is 59.4 Å². The molecular formula is C23H29FN2. The topological polar surface area (TPSA) is 6.48 Å². The minimum absolute atomic E-state index is 0.174. The normalized spacial score (nSPS) is 19.1. The summed E-state index contributed by atoms with van der Waals surface area (Å²) in [7, 11) is 0. The number of likely N-dealkylation sites (tertiary alicyclic amines) is 1. The summed E-state index contributed by atoms with van der Waals surface area (Å²) in [6.45, 7) is 7.17. The summed E-state index contributed by atoms with van der Waals surface area (Å²) in [6, 6.07) is 13.6. The molecule has 1 saturated heterocycles. The van der Waals surface area contributed by atoms with Crippen LogP contribution in [0.5, 0.6) is 0 Å². The molecule has 26 heavy (non-hydrogen) atoms.